The molecule has 2 rings (SSSR count). The maximum absolute atomic E-state index is 12.4. The molecule has 5 heteroatoms. The number of nitrogens with zero attached hydrogens (tertiary/aromatic N) is 2. The third-order valence-electron chi connectivity index (χ3n) is 3.65. The molecule has 1 radical (unpaired) electrons. The fourth-order valence-electron chi connectivity index (χ4n) is 2.60. The van der Waals surface area contributed by atoms with Crippen molar-refractivity contribution >= 4 is 5.71 Å². The molecule has 1 aliphatic rings. The molecule has 0 aromatic heterocycles. The van der Waals surface area contributed by atoms with Crippen LogP contribution in [0.4, 0.5) is 0 Å². The van der Waals surface area contributed by atoms with Crippen molar-refractivity contribution in [1.29, 1.82) is 0 Å². The average molecular weight is 263 g/mol. The van der Waals surface area contributed by atoms with E-state index in [1.165, 1.54) is 0 Å². The van der Waals surface area contributed by atoms with Gasteiger partial charge in [-0.15, -0.1) is 5.21 Å². The molecular formula is C14H19N2O3. The van der Waals surface area contributed by atoms with Crippen molar-refractivity contribution in [2.45, 2.75) is 38.9 Å². The van der Waals surface area contributed by atoms with Gasteiger partial charge in [-0.05, 0) is 38.1 Å². The molecule has 19 heavy (non-hydrogen) atoms. The molecule has 0 atom stereocenters. The molecule has 103 valence electrons. The van der Waals surface area contributed by atoms with Gasteiger partial charge in [-0.25, -0.2) is 0 Å². The number of rotatable bonds is 2. The van der Waals surface area contributed by atoms with Gasteiger partial charge in [0.1, 0.15) is 11.3 Å². The molecule has 0 bridgehead atoms. The predicted molar refractivity (Wildman–Crippen MR) is 71.4 cm³/mol. The maximum Gasteiger partial charge on any atom is 0.248 e. The van der Waals surface area contributed by atoms with E-state index in [4.69, 9.17) is 4.74 Å². The van der Waals surface area contributed by atoms with Gasteiger partial charge < -0.3 is 9.94 Å². The zero-order valence-electron chi connectivity index (χ0n) is 11.9. The van der Waals surface area contributed by atoms with Crippen molar-refractivity contribution in [1.82, 2.24) is 5.06 Å². The highest BCUT2D eigenvalue weighted by atomic mass is 16.6. The molecule has 1 aromatic carbocycles. The molecule has 1 heterocycles. The van der Waals surface area contributed by atoms with Crippen molar-refractivity contribution < 1.29 is 14.7 Å². The largest absolute Gasteiger partial charge is 0.622 e. The molecule has 0 amide bonds. The first-order valence-electron chi connectivity index (χ1n) is 6.19. The molecule has 0 aliphatic carbocycles. The minimum absolute atomic E-state index is 0.482. The second-order valence-corrected chi connectivity index (χ2v) is 5.72. The van der Waals surface area contributed by atoms with Crippen LogP contribution >= 0.6 is 0 Å². The summed E-state index contributed by atoms with van der Waals surface area (Å²) < 4.78 is 5.91. The number of methoxy groups -OCH3 is 1. The fourth-order valence-corrected chi connectivity index (χ4v) is 2.60. The fraction of sp³-hybridized carbons (Fsp3) is 0.500. The lowest BCUT2D eigenvalue weighted by Gasteiger charge is -2.27. The summed E-state index contributed by atoms with van der Waals surface area (Å²) in [5.41, 5.74) is -0.735. The van der Waals surface area contributed by atoms with Crippen LogP contribution < -0.4 is 4.74 Å². The lowest BCUT2D eigenvalue weighted by Crippen LogP contribution is -2.50. The highest BCUT2D eigenvalue weighted by Gasteiger charge is 2.58. The summed E-state index contributed by atoms with van der Waals surface area (Å²) >= 11 is 0. The van der Waals surface area contributed by atoms with Gasteiger partial charge >= 0.3 is 0 Å². The van der Waals surface area contributed by atoms with Crippen molar-refractivity contribution in [2.24, 2.45) is 0 Å². The zero-order valence-corrected chi connectivity index (χ0v) is 11.9. The first kappa shape index (κ1) is 13.8. The van der Waals surface area contributed by atoms with E-state index in [1.54, 1.807) is 59.1 Å². The Morgan fingerprint density at radius 3 is 2.05 bits per heavy atom. The van der Waals surface area contributed by atoms with Gasteiger partial charge in [0.05, 0.1) is 7.11 Å². The predicted octanol–water partition coefficient (Wildman–Crippen LogP) is 2.17. The van der Waals surface area contributed by atoms with Gasteiger partial charge in [-0.1, -0.05) is 5.06 Å². The molecule has 0 saturated carbocycles. The lowest BCUT2D eigenvalue weighted by molar-refractivity contribution is -0.586. The standard InChI is InChI=1S/C14H19N2O3/c1-13(2)12(15(17)14(3,4)16(13)18)10-6-8-11(19-5)9-7-10/h6-9H,1-5H3. The minimum atomic E-state index is -1.10. The molecule has 1 aromatic rings. The number of hydrogen-bond acceptors (Lipinski definition) is 3. The third kappa shape index (κ3) is 1.89. The molecule has 0 spiro atoms. The van der Waals surface area contributed by atoms with Gasteiger partial charge in [0.25, 0.3) is 0 Å². The SMILES string of the molecule is COc1ccc(C2=[N+]([O-])C(C)(C)N([O])C2(C)C)cc1. The third-order valence-corrected chi connectivity index (χ3v) is 3.65. The van der Waals surface area contributed by atoms with E-state index in [0.29, 0.717) is 5.71 Å². The van der Waals surface area contributed by atoms with Crippen molar-refractivity contribution in [2.75, 3.05) is 7.11 Å². The Morgan fingerprint density at radius 2 is 1.68 bits per heavy atom. The smallest absolute Gasteiger partial charge is 0.248 e. The van der Waals surface area contributed by atoms with Crippen LogP contribution in [0.3, 0.4) is 0 Å². The van der Waals surface area contributed by atoms with Crippen LogP contribution in [0, 0.1) is 5.21 Å². The van der Waals surface area contributed by atoms with E-state index in [1.807, 2.05) is 0 Å². The summed E-state index contributed by atoms with van der Waals surface area (Å²) in [5, 5.41) is 25.6. The van der Waals surface area contributed by atoms with Gasteiger partial charge in [0.15, 0.2) is 0 Å². The number of ether oxygens (including phenoxy) is 1. The summed E-state index contributed by atoms with van der Waals surface area (Å²) in [6, 6.07) is 7.17. The van der Waals surface area contributed by atoms with Gasteiger partial charge in [-0.3, -0.25) is 0 Å². The Labute approximate surface area is 113 Å². The second kappa shape index (κ2) is 4.21. The van der Waals surface area contributed by atoms with Crippen molar-refractivity contribution in [3.63, 3.8) is 0 Å². The van der Waals surface area contributed by atoms with Crippen LogP contribution in [-0.2, 0) is 5.21 Å². The van der Waals surface area contributed by atoms with E-state index in [0.717, 1.165) is 21.1 Å². The quantitative estimate of drug-likeness (QED) is 0.607. The van der Waals surface area contributed by atoms with Crippen LogP contribution in [0.1, 0.15) is 33.3 Å². The first-order valence-corrected chi connectivity index (χ1v) is 6.19. The Hall–Kier alpha value is -1.59. The Balaban J connectivity index is 2.55. The summed E-state index contributed by atoms with van der Waals surface area (Å²) in [6.45, 7) is 6.79. The average Bonchev–Trinajstić information content (AvgIpc) is 2.49. The van der Waals surface area contributed by atoms with Crippen molar-refractivity contribution in [3.8, 4) is 5.75 Å². The molecule has 5 nitrogen and oxygen atoms in total. The number of hydroxylamine groups is 3. The molecule has 0 saturated heterocycles. The van der Waals surface area contributed by atoms with E-state index in [2.05, 4.69) is 0 Å². The summed E-state index contributed by atoms with van der Waals surface area (Å²) in [6.07, 6.45) is 0. The van der Waals surface area contributed by atoms with Crippen LogP contribution in [0.25, 0.3) is 0 Å². The maximum atomic E-state index is 12.4. The van der Waals surface area contributed by atoms with Gasteiger partial charge in [0.2, 0.25) is 11.4 Å². The molecule has 0 N–H and O–H groups in total. The number of hydrogen-bond donors (Lipinski definition) is 0. The van der Waals surface area contributed by atoms with Crippen LogP contribution in [0.5, 0.6) is 5.75 Å². The van der Waals surface area contributed by atoms with E-state index >= 15 is 0 Å². The van der Waals surface area contributed by atoms with Crippen LogP contribution in [0.15, 0.2) is 24.3 Å². The summed E-state index contributed by atoms with van der Waals surface area (Å²) in [4.78, 5) is 0. The highest BCUT2D eigenvalue weighted by molar-refractivity contribution is 6.04. The Bertz CT molecular complexity index is 518. The Kier molecular flexibility index (Phi) is 3.07. The lowest BCUT2D eigenvalue weighted by atomic mass is 9.92. The summed E-state index contributed by atoms with van der Waals surface area (Å²) in [7, 11) is 1.59. The van der Waals surface area contributed by atoms with Gasteiger partial charge in [0, 0.05) is 19.4 Å². The zero-order chi connectivity index (χ0) is 14.4. The normalized spacial score (nSPS) is 21.8. The van der Waals surface area contributed by atoms with Crippen molar-refractivity contribution in [3.05, 3.63) is 35.0 Å². The second-order valence-electron chi connectivity index (χ2n) is 5.72. The van der Waals surface area contributed by atoms with Gasteiger partial charge in [-0.2, -0.15) is 4.74 Å². The highest BCUT2D eigenvalue weighted by Crippen LogP contribution is 2.35. The summed E-state index contributed by atoms with van der Waals surface area (Å²) in [5.74, 6) is 0.718. The van der Waals surface area contributed by atoms with Crippen LogP contribution in [0.2, 0.25) is 0 Å². The Morgan fingerprint density at radius 1 is 1.16 bits per heavy atom. The van der Waals surface area contributed by atoms with E-state index in [9.17, 15) is 10.4 Å². The number of benzene rings is 1. The van der Waals surface area contributed by atoms with E-state index in [-0.39, 0.29) is 0 Å². The molecular weight excluding hydrogens is 244 g/mol. The first-order chi connectivity index (χ1) is 8.72. The van der Waals surface area contributed by atoms with Crippen LogP contribution in [-0.4, -0.2) is 33.8 Å². The topological polar surface area (TPSA) is 58.4 Å². The molecule has 0 unspecified atom stereocenters. The minimum Gasteiger partial charge on any atom is -0.622 e. The molecule has 1 aliphatic heterocycles. The molecule has 0 fully saturated rings. The van der Waals surface area contributed by atoms with E-state index < -0.39 is 11.2 Å². The monoisotopic (exact) mass is 263 g/mol.